The third-order valence-electron chi connectivity index (χ3n) is 8.11. The van der Waals surface area contributed by atoms with E-state index >= 15 is 4.39 Å². The minimum Gasteiger partial charge on any atom is -0.351 e. The Balaban J connectivity index is 1.63. The van der Waals surface area contributed by atoms with Gasteiger partial charge < -0.3 is 5.32 Å². The standard InChI is InChI=1S/C32H30ClF3N6O3/c1-2-19-15-20(34)17-23(16-19)41(30(45)26-7-8-27(43)42(26)31-38-14-11-22(18-37)40-31)28(24-5-3-4-6-25(24)33)29(44)39-21-9-12-32(35,36)13-10-21/h3-6,11,14-17,21,26,28H,2,7-10,12-13H2,1H3,(H,39,44)/t26-,28-/m0/s1. The van der Waals surface area contributed by atoms with Crippen LogP contribution in [0, 0.1) is 17.1 Å². The molecule has 13 heteroatoms. The summed E-state index contributed by atoms with van der Waals surface area (Å²) < 4.78 is 42.9. The van der Waals surface area contributed by atoms with Gasteiger partial charge in [-0.3, -0.25) is 24.2 Å². The molecule has 2 heterocycles. The summed E-state index contributed by atoms with van der Waals surface area (Å²) in [6.45, 7) is 1.80. The van der Waals surface area contributed by atoms with E-state index in [-0.39, 0.29) is 53.6 Å². The number of nitrogens with zero attached hydrogens (tertiary/aromatic N) is 5. The first-order chi connectivity index (χ1) is 21.5. The zero-order valence-corrected chi connectivity index (χ0v) is 25.1. The monoisotopic (exact) mass is 638 g/mol. The Hall–Kier alpha value is -4.50. The molecule has 0 bridgehead atoms. The van der Waals surface area contributed by atoms with E-state index in [0.29, 0.717) is 12.0 Å². The van der Waals surface area contributed by atoms with Crippen molar-refractivity contribution in [1.82, 2.24) is 15.3 Å². The van der Waals surface area contributed by atoms with E-state index in [1.165, 1.54) is 24.4 Å². The smallest absolute Gasteiger partial charge is 0.251 e. The van der Waals surface area contributed by atoms with Crippen molar-refractivity contribution in [1.29, 1.82) is 5.26 Å². The van der Waals surface area contributed by atoms with Crippen LogP contribution in [0.5, 0.6) is 0 Å². The number of carbonyl (C=O) groups excluding carboxylic acids is 3. The fourth-order valence-corrected chi connectivity index (χ4v) is 6.03. The molecule has 2 fully saturated rings. The SMILES string of the molecule is CCc1cc(F)cc(N(C(=O)[C@@H]2CCC(=O)N2c2nccc(C#N)n2)[C@H](C(=O)NC2CCC(F)(F)CC2)c2ccccc2Cl)c1. The second-order valence-electron chi connectivity index (χ2n) is 11.1. The van der Waals surface area contributed by atoms with Crippen LogP contribution in [-0.4, -0.2) is 45.7 Å². The first-order valence-electron chi connectivity index (χ1n) is 14.6. The summed E-state index contributed by atoms with van der Waals surface area (Å²) in [5.41, 5.74) is 0.775. The van der Waals surface area contributed by atoms with E-state index in [2.05, 4.69) is 15.3 Å². The molecule has 1 aromatic heterocycles. The van der Waals surface area contributed by atoms with Gasteiger partial charge in [0.1, 0.15) is 29.7 Å². The van der Waals surface area contributed by atoms with Gasteiger partial charge in [-0.05, 0) is 61.6 Å². The molecule has 1 N–H and O–H groups in total. The predicted molar refractivity (Wildman–Crippen MR) is 160 cm³/mol. The van der Waals surface area contributed by atoms with Crippen LogP contribution < -0.4 is 15.1 Å². The van der Waals surface area contributed by atoms with Crippen LogP contribution in [0.25, 0.3) is 0 Å². The van der Waals surface area contributed by atoms with E-state index in [4.69, 9.17) is 11.6 Å². The maximum Gasteiger partial charge on any atom is 0.251 e. The maximum atomic E-state index is 15.0. The van der Waals surface area contributed by atoms with Gasteiger partial charge in [0, 0.05) is 47.8 Å². The highest BCUT2D eigenvalue weighted by Gasteiger charge is 2.45. The highest BCUT2D eigenvalue weighted by atomic mass is 35.5. The van der Waals surface area contributed by atoms with E-state index < -0.39 is 60.4 Å². The lowest BCUT2D eigenvalue weighted by atomic mass is 9.91. The van der Waals surface area contributed by atoms with E-state index in [0.717, 1.165) is 15.9 Å². The van der Waals surface area contributed by atoms with Crippen LogP contribution in [0.4, 0.5) is 24.8 Å². The molecule has 5 rings (SSSR count). The number of alkyl halides is 2. The van der Waals surface area contributed by atoms with Crippen molar-refractivity contribution in [2.45, 2.75) is 75.9 Å². The van der Waals surface area contributed by atoms with Crippen LogP contribution in [0.3, 0.4) is 0 Å². The lowest BCUT2D eigenvalue weighted by Crippen LogP contribution is -2.53. The fraction of sp³-hybridized carbons (Fsp3) is 0.375. The lowest BCUT2D eigenvalue weighted by molar-refractivity contribution is -0.128. The van der Waals surface area contributed by atoms with Crippen molar-refractivity contribution in [2.75, 3.05) is 9.80 Å². The molecule has 234 valence electrons. The number of anilines is 2. The summed E-state index contributed by atoms with van der Waals surface area (Å²) in [6.07, 6.45) is 0.934. The highest BCUT2D eigenvalue weighted by Crippen LogP contribution is 2.38. The van der Waals surface area contributed by atoms with Gasteiger partial charge in [-0.25, -0.2) is 23.1 Å². The summed E-state index contributed by atoms with van der Waals surface area (Å²) in [7, 11) is 0. The molecule has 1 aliphatic heterocycles. The van der Waals surface area contributed by atoms with Crippen LogP contribution >= 0.6 is 11.6 Å². The molecule has 9 nitrogen and oxygen atoms in total. The second kappa shape index (κ2) is 13.2. The Morgan fingerprint density at radius 1 is 1.18 bits per heavy atom. The van der Waals surface area contributed by atoms with Gasteiger partial charge in [0.15, 0.2) is 0 Å². The van der Waals surface area contributed by atoms with Crippen molar-refractivity contribution in [3.05, 3.63) is 82.4 Å². The van der Waals surface area contributed by atoms with E-state index in [1.54, 1.807) is 31.2 Å². The summed E-state index contributed by atoms with van der Waals surface area (Å²) in [5.74, 6) is -5.56. The highest BCUT2D eigenvalue weighted by molar-refractivity contribution is 6.31. The van der Waals surface area contributed by atoms with Crippen LogP contribution in [-0.2, 0) is 20.8 Å². The molecule has 2 aromatic carbocycles. The van der Waals surface area contributed by atoms with E-state index in [9.17, 15) is 28.4 Å². The number of amides is 3. The zero-order valence-electron chi connectivity index (χ0n) is 24.4. The largest absolute Gasteiger partial charge is 0.351 e. The number of halogens is 4. The minimum absolute atomic E-state index is 0.0214. The maximum absolute atomic E-state index is 15.0. The number of benzene rings is 2. The number of aromatic nitrogens is 2. The molecule has 0 spiro atoms. The first kappa shape index (κ1) is 31.9. The zero-order chi connectivity index (χ0) is 32.3. The molecule has 1 saturated heterocycles. The van der Waals surface area contributed by atoms with Crippen LogP contribution in [0.1, 0.15) is 68.3 Å². The Kier molecular flexibility index (Phi) is 9.39. The molecule has 1 aliphatic carbocycles. The fourth-order valence-electron chi connectivity index (χ4n) is 5.79. The van der Waals surface area contributed by atoms with Gasteiger partial charge in [-0.1, -0.05) is 36.7 Å². The average molecular weight is 639 g/mol. The van der Waals surface area contributed by atoms with Crippen molar-refractivity contribution in [3.8, 4) is 6.07 Å². The van der Waals surface area contributed by atoms with Gasteiger partial charge in [-0.15, -0.1) is 0 Å². The number of nitrogens with one attached hydrogen (secondary N) is 1. The third kappa shape index (κ3) is 6.93. The summed E-state index contributed by atoms with van der Waals surface area (Å²) in [6, 6.07) is 10.3. The Morgan fingerprint density at radius 3 is 2.60 bits per heavy atom. The Morgan fingerprint density at radius 2 is 1.91 bits per heavy atom. The number of hydrogen-bond donors (Lipinski definition) is 1. The summed E-state index contributed by atoms with van der Waals surface area (Å²) in [5, 5.41) is 12.3. The Labute approximate surface area is 263 Å². The quantitative estimate of drug-likeness (QED) is 0.340. The average Bonchev–Trinajstić information content (AvgIpc) is 3.41. The van der Waals surface area contributed by atoms with Crippen molar-refractivity contribution < 1.29 is 27.6 Å². The number of nitriles is 1. The van der Waals surface area contributed by atoms with Crippen LogP contribution in [0.15, 0.2) is 54.7 Å². The topological polar surface area (TPSA) is 119 Å². The van der Waals surface area contributed by atoms with Crippen LogP contribution in [0.2, 0.25) is 5.02 Å². The summed E-state index contributed by atoms with van der Waals surface area (Å²) >= 11 is 6.60. The molecule has 3 amide bonds. The number of carbonyl (C=O) groups is 3. The van der Waals surface area contributed by atoms with E-state index in [1.807, 2.05) is 6.07 Å². The molecular weight excluding hydrogens is 609 g/mol. The van der Waals surface area contributed by atoms with Gasteiger partial charge in [0.25, 0.3) is 5.91 Å². The molecule has 2 aliphatic rings. The molecule has 0 unspecified atom stereocenters. The number of aryl methyl sites for hydroxylation is 1. The summed E-state index contributed by atoms with van der Waals surface area (Å²) in [4.78, 5) is 52.5. The third-order valence-corrected chi connectivity index (χ3v) is 8.45. The molecular formula is C32H30ClF3N6O3. The van der Waals surface area contributed by atoms with Gasteiger partial charge in [0.2, 0.25) is 23.7 Å². The lowest BCUT2D eigenvalue weighted by Gasteiger charge is -2.37. The number of rotatable bonds is 8. The molecule has 0 radical (unpaired) electrons. The second-order valence-corrected chi connectivity index (χ2v) is 11.5. The minimum atomic E-state index is -2.83. The van der Waals surface area contributed by atoms with Crippen molar-refractivity contribution in [2.24, 2.45) is 0 Å². The molecule has 45 heavy (non-hydrogen) atoms. The molecule has 1 saturated carbocycles. The Bertz CT molecular complexity index is 1660. The van der Waals surface area contributed by atoms with Crippen molar-refractivity contribution in [3.63, 3.8) is 0 Å². The predicted octanol–water partition coefficient (Wildman–Crippen LogP) is 5.67. The first-order valence-corrected chi connectivity index (χ1v) is 15.0. The normalized spacial score (nSPS) is 18.7. The number of hydrogen-bond acceptors (Lipinski definition) is 6. The van der Waals surface area contributed by atoms with Gasteiger partial charge >= 0.3 is 0 Å². The van der Waals surface area contributed by atoms with Gasteiger partial charge in [-0.2, -0.15) is 5.26 Å². The van der Waals surface area contributed by atoms with Gasteiger partial charge in [0.05, 0.1) is 0 Å². The molecule has 3 aromatic rings. The van der Waals surface area contributed by atoms with Crippen molar-refractivity contribution >= 4 is 41.0 Å². The molecule has 2 atom stereocenters.